The fourth-order valence-electron chi connectivity index (χ4n) is 12.8. The molecule has 0 saturated heterocycles. The first kappa shape index (κ1) is 70.7. The molecule has 6 aromatic carbocycles. The van der Waals surface area contributed by atoms with Crippen molar-refractivity contribution in [3.63, 3.8) is 0 Å². The maximum Gasteiger partial charge on any atom is 0.160 e. The number of benzene rings is 6. The Labute approximate surface area is 629 Å². The van der Waals surface area contributed by atoms with Gasteiger partial charge in [-0.15, -0.1) is 34.0 Å². The molecule has 104 heavy (non-hydrogen) atoms. The van der Waals surface area contributed by atoms with Gasteiger partial charge in [-0.05, 0) is 108 Å². The van der Waals surface area contributed by atoms with Crippen molar-refractivity contribution in [1.82, 2.24) is 54.4 Å². The summed E-state index contributed by atoms with van der Waals surface area (Å²) in [7, 11) is 0. The molecule has 0 atom stereocenters. The minimum absolute atomic E-state index is 0. The lowest BCUT2D eigenvalue weighted by molar-refractivity contribution is 0.472. The van der Waals surface area contributed by atoms with Crippen molar-refractivity contribution in [3.05, 3.63) is 336 Å². The van der Waals surface area contributed by atoms with Crippen LogP contribution in [0.4, 0.5) is 0 Å². The summed E-state index contributed by atoms with van der Waals surface area (Å²) in [6.07, 6.45) is 15.1. The molecule has 16 nitrogen and oxygen atoms in total. The maximum atomic E-state index is 9.61. The predicted octanol–water partition coefficient (Wildman–Crippen LogP) is 18.9. The molecule has 0 radical (unpaired) electrons. The Morgan fingerprint density at radius 3 is 1.16 bits per heavy atom. The van der Waals surface area contributed by atoms with Gasteiger partial charge in [0.1, 0.15) is 26.1 Å². The standard InChI is InChI=1S/C32H25N5S.C30H21N5S.C14H12N4S.C7H5IN2.CH4/c1-31(2,22-33)28-21-38-30(36-28)26-18-19-34-29-27(26)20-35-37(29)32(23-12-6-3-7-13-23,24-14-8-4-9-15-24)25-16-10-5-11-17-25;31-18-16-25-21-36-29(34-25)26-17-19-32-28-27(26)20-33-35(28)30(22-10-4-1-5-11-22,23-12-6-2-7-13-23)24-14-8-3-9-15-24;1-14(2,8-15)12-7-19-13(18-12)9-3-4-17-11-6-16-5-10(9)11;8-6-1-2-10-7-4-9-3-5(6)7;/h3-21H,1-2H3;1-15,17,19-21H,16H2;3-5,7H,6H2,1-2H3;1-3H,4H2;1H4. The van der Waals surface area contributed by atoms with Crippen LogP contribution in [0.15, 0.2) is 270 Å². The molecule has 17 rings (SSSR count). The second kappa shape index (κ2) is 30.9. The van der Waals surface area contributed by atoms with Crippen LogP contribution in [0.1, 0.15) is 108 Å². The summed E-state index contributed by atoms with van der Waals surface area (Å²) in [6, 6.07) is 77.4. The summed E-state index contributed by atoms with van der Waals surface area (Å²) < 4.78 is 5.32. The van der Waals surface area contributed by atoms with E-state index in [9.17, 15) is 5.26 Å². The molecule has 0 unspecified atom stereocenters. The average Bonchev–Trinajstić information content (AvgIpc) is 1.39. The zero-order valence-corrected chi connectivity index (χ0v) is 61.0. The molecule has 9 aromatic heterocycles. The number of hydrogen-bond acceptors (Lipinski definition) is 17. The fraction of sp³-hybridized carbons (Fsp3) is 0.143. The quantitative estimate of drug-likeness (QED) is 0.0733. The number of nitriles is 3. The van der Waals surface area contributed by atoms with E-state index in [2.05, 4.69) is 211 Å². The first-order chi connectivity index (χ1) is 50.4. The highest BCUT2D eigenvalue weighted by Gasteiger charge is 2.43. The SMILES string of the molecule is C.CC(C)(C#N)c1csc(-c2ccnc3c2C=NC3)n1.CC(C)(C#N)c1csc(-c2ccnc3c2cnn3C(c2ccccc2)(c2ccccc2)c2ccccc2)n1.Ic1ccnc2c1C=NC2.N#CCc1csc(-c2ccnc3c2cnn3C(c2ccccc2)(c2ccccc2)c2ccccc2)n1. The predicted molar refractivity (Wildman–Crippen MR) is 425 cm³/mol. The molecular formula is C84H67IN16S3. The van der Waals surface area contributed by atoms with Crippen molar-refractivity contribution < 1.29 is 0 Å². The molecule has 0 saturated carbocycles. The maximum absolute atomic E-state index is 9.61. The highest BCUT2D eigenvalue weighted by atomic mass is 127. The second-order valence-corrected chi connectivity index (χ2v) is 29.0. The van der Waals surface area contributed by atoms with E-state index in [1.807, 2.05) is 157 Å². The van der Waals surface area contributed by atoms with Gasteiger partial charge < -0.3 is 0 Å². The van der Waals surface area contributed by atoms with E-state index in [1.165, 1.54) is 31.8 Å². The Hall–Kier alpha value is -11.7. The first-order valence-electron chi connectivity index (χ1n) is 33.0. The summed E-state index contributed by atoms with van der Waals surface area (Å²) in [5.41, 5.74) is 15.0. The number of nitrogens with zero attached hydrogens (tertiary/aromatic N) is 16. The van der Waals surface area contributed by atoms with Crippen LogP contribution in [0, 0.1) is 37.6 Å². The Morgan fingerprint density at radius 2 is 0.769 bits per heavy atom. The van der Waals surface area contributed by atoms with E-state index in [4.69, 9.17) is 40.7 Å². The van der Waals surface area contributed by atoms with E-state index in [1.54, 1.807) is 17.5 Å². The van der Waals surface area contributed by atoms with Gasteiger partial charge in [0.25, 0.3) is 0 Å². The van der Waals surface area contributed by atoms with E-state index in [0.29, 0.717) is 13.0 Å². The average molecular weight is 1520 g/mol. The first-order valence-corrected chi connectivity index (χ1v) is 36.8. The summed E-state index contributed by atoms with van der Waals surface area (Å²) in [6.45, 7) is 8.94. The van der Waals surface area contributed by atoms with Crippen molar-refractivity contribution in [2.75, 3.05) is 0 Å². The minimum atomic E-state index is -0.756. The van der Waals surface area contributed by atoms with Gasteiger partial charge in [-0.3, -0.25) is 20.0 Å². The Kier molecular flexibility index (Phi) is 21.0. The number of halogens is 1. The molecule has 20 heteroatoms. The number of rotatable bonds is 14. The van der Waals surface area contributed by atoms with Gasteiger partial charge >= 0.3 is 0 Å². The minimum Gasteiger partial charge on any atom is -0.286 e. The number of fused-ring (bicyclic) bond motifs is 4. The number of pyridine rings is 4. The number of hydrogen-bond donors (Lipinski definition) is 0. The van der Waals surface area contributed by atoms with Crippen molar-refractivity contribution in [2.24, 2.45) is 9.98 Å². The molecule has 0 fully saturated rings. The van der Waals surface area contributed by atoms with Crippen molar-refractivity contribution >= 4 is 91.1 Å². The van der Waals surface area contributed by atoms with E-state index < -0.39 is 21.9 Å². The highest BCUT2D eigenvalue weighted by molar-refractivity contribution is 14.1. The van der Waals surface area contributed by atoms with Gasteiger partial charge in [0, 0.05) is 95.5 Å². The van der Waals surface area contributed by atoms with Crippen LogP contribution in [-0.2, 0) is 41.4 Å². The number of thiazole rings is 3. The van der Waals surface area contributed by atoms with E-state index >= 15 is 0 Å². The van der Waals surface area contributed by atoms with Gasteiger partial charge in [-0.2, -0.15) is 26.0 Å². The molecule has 0 N–H and O–H groups in total. The van der Waals surface area contributed by atoms with Crippen LogP contribution in [0.2, 0.25) is 0 Å². The van der Waals surface area contributed by atoms with Gasteiger partial charge in [0.2, 0.25) is 0 Å². The van der Waals surface area contributed by atoms with Crippen LogP contribution in [0.25, 0.3) is 53.8 Å². The summed E-state index contributed by atoms with van der Waals surface area (Å²) in [4.78, 5) is 40.7. The lowest BCUT2D eigenvalue weighted by Crippen LogP contribution is -2.38. The fourth-order valence-corrected chi connectivity index (χ4v) is 16.3. The molecule has 0 bridgehead atoms. The van der Waals surface area contributed by atoms with Crippen molar-refractivity contribution in [2.45, 2.75) is 76.5 Å². The molecule has 0 aliphatic carbocycles. The molecule has 508 valence electrons. The van der Waals surface area contributed by atoms with Crippen LogP contribution in [-0.4, -0.2) is 66.9 Å². The molecule has 2 aliphatic rings. The normalized spacial score (nSPS) is 12.1. The third kappa shape index (κ3) is 13.6. The van der Waals surface area contributed by atoms with Crippen LogP contribution >= 0.6 is 56.6 Å². The third-order valence-electron chi connectivity index (χ3n) is 18.1. The summed E-state index contributed by atoms with van der Waals surface area (Å²) in [5.74, 6) is 0. The van der Waals surface area contributed by atoms with Crippen molar-refractivity contribution in [3.8, 4) is 49.9 Å². The number of aromatic nitrogens is 11. The molecular weight excluding hydrogens is 1460 g/mol. The Bertz CT molecular complexity index is 5500. The second-order valence-electron chi connectivity index (χ2n) is 25.3. The zero-order valence-electron chi connectivity index (χ0n) is 56.4. The molecule has 15 aromatic rings. The Morgan fingerprint density at radius 1 is 0.423 bits per heavy atom. The van der Waals surface area contributed by atoms with Crippen molar-refractivity contribution in [1.29, 1.82) is 15.8 Å². The van der Waals surface area contributed by atoms with Crippen LogP contribution in [0.5, 0.6) is 0 Å². The molecule has 0 spiro atoms. The molecule has 11 heterocycles. The monoisotopic (exact) mass is 1520 g/mol. The topological polar surface area (TPSA) is 222 Å². The molecule has 2 aliphatic heterocycles. The Balaban J connectivity index is 0.000000134. The third-order valence-corrected chi connectivity index (χ3v) is 21.7. The van der Waals surface area contributed by atoms with Gasteiger partial charge in [0.15, 0.2) is 11.3 Å². The van der Waals surface area contributed by atoms with Gasteiger partial charge in [0.05, 0.1) is 89.4 Å². The zero-order chi connectivity index (χ0) is 71.0. The van der Waals surface area contributed by atoms with Gasteiger partial charge in [-0.25, -0.2) is 34.3 Å². The van der Waals surface area contributed by atoms with E-state index in [0.717, 1.165) is 128 Å². The largest absolute Gasteiger partial charge is 0.286 e. The lowest BCUT2D eigenvalue weighted by atomic mass is 9.77. The number of aliphatic imine (C=N–C) groups is 2. The summed E-state index contributed by atoms with van der Waals surface area (Å²) >= 11 is 6.93. The lowest BCUT2D eigenvalue weighted by Gasteiger charge is -2.36. The van der Waals surface area contributed by atoms with Crippen LogP contribution < -0.4 is 0 Å². The smallest absolute Gasteiger partial charge is 0.160 e. The molecule has 0 amide bonds. The highest BCUT2D eigenvalue weighted by Crippen LogP contribution is 2.46. The summed E-state index contributed by atoms with van der Waals surface area (Å²) in [5, 5.41) is 48.2. The van der Waals surface area contributed by atoms with E-state index in [-0.39, 0.29) is 7.43 Å². The van der Waals surface area contributed by atoms with Crippen LogP contribution in [0.3, 0.4) is 0 Å². The van der Waals surface area contributed by atoms with Gasteiger partial charge in [-0.1, -0.05) is 189 Å².